The topological polar surface area (TPSA) is 26.3 Å². The number of esters is 1. The molecule has 1 saturated heterocycles. The summed E-state index contributed by atoms with van der Waals surface area (Å²) in [7, 11) is 0. The van der Waals surface area contributed by atoms with Crippen molar-refractivity contribution in [3.8, 4) is 0 Å². The van der Waals surface area contributed by atoms with Gasteiger partial charge in [0.05, 0.1) is 13.0 Å². The van der Waals surface area contributed by atoms with Crippen molar-refractivity contribution in [3.05, 3.63) is 0 Å². The monoisotopic (exact) mass is 254 g/mol. The van der Waals surface area contributed by atoms with Gasteiger partial charge in [0.15, 0.2) is 0 Å². The molecule has 0 aromatic heterocycles. The van der Waals surface area contributed by atoms with Crippen molar-refractivity contribution in [2.75, 3.05) is 6.61 Å². The average Bonchev–Trinajstić information content (AvgIpc) is 2.73. The lowest BCUT2D eigenvalue weighted by Crippen LogP contribution is -2.21. The quantitative estimate of drug-likeness (QED) is 0.411. The normalized spacial score (nSPS) is 18.0. The highest BCUT2D eigenvalue weighted by molar-refractivity contribution is 5.72. The summed E-state index contributed by atoms with van der Waals surface area (Å²) in [4.78, 5) is 11.4. The standard InChI is InChI=1S/C16H30O2/c1-3-5-7-9-11-16(12-10-8-6-4-2)13-15(17)18-14-16/h3-14H2,1-2H3. The predicted octanol–water partition coefficient (Wildman–Crippen LogP) is 4.86. The Bertz CT molecular complexity index is 223. The first-order valence-electron chi connectivity index (χ1n) is 7.88. The minimum absolute atomic E-state index is 0.0287. The van der Waals surface area contributed by atoms with Gasteiger partial charge in [0, 0.05) is 5.41 Å². The molecule has 18 heavy (non-hydrogen) atoms. The first-order valence-corrected chi connectivity index (χ1v) is 7.88. The van der Waals surface area contributed by atoms with E-state index in [0.29, 0.717) is 13.0 Å². The highest BCUT2D eigenvalue weighted by atomic mass is 16.5. The molecule has 1 fully saturated rings. The van der Waals surface area contributed by atoms with Crippen LogP contribution in [0.3, 0.4) is 0 Å². The van der Waals surface area contributed by atoms with E-state index in [0.717, 1.165) is 0 Å². The van der Waals surface area contributed by atoms with Gasteiger partial charge in [-0.05, 0) is 12.8 Å². The number of ether oxygens (including phenoxy) is 1. The van der Waals surface area contributed by atoms with Crippen molar-refractivity contribution in [2.24, 2.45) is 5.41 Å². The minimum atomic E-state index is 0.0287. The lowest BCUT2D eigenvalue weighted by Gasteiger charge is -2.25. The van der Waals surface area contributed by atoms with Crippen LogP contribution in [-0.2, 0) is 9.53 Å². The number of unbranched alkanes of at least 4 members (excludes halogenated alkanes) is 6. The van der Waals surface area contributed by atoms with Gasteiger partial charge in [-0.2, -0.15) is 0 Å². The molecule has 1 rings (SSSR count). The number of rotatable bonds is 10. The summed E-state index contributed by atoms with van der Waals surface area (Å²) in [6, 6.07) is 0. The maximum atomic E-state index is 11.4. The van der Waals surface area contributed by atoms with Crippen LogP contribution in [0.4, 0.5) is 0 Å². The Morgan fingerprint density at radius 2 is 1.50 bits per heavy atom. The molecule has 1 aliphatic heterocycles. The number of cyclic esters (lactones) is 1. The van der Waals surface area contributed by atoms with Crippen LogP contribution in [0, 0.1) is 5.41 Å². The Morgan fingerprint density at radius 3 is 1.89 bits per heavy atom. The van der Waals surface area contributed by atoms with Gasteiger partial charge in [0.2, 0.25) is 0 Å². The summed E-state index contributed by atoms with van der Waals surface area (Å²) >= 11 is 0. The van der Waals surface area contributed by atoms with Crippen LogP contribution in [0.15, 0.2) is 0 Å². The van der Waals surface area contributed by atoms with Crippen molar-refractivity contribution in [2.45, 2.75) is 84.5 Å². The van der Waals surface area contributed by atoms with Crippen molar-refractivity contribution in [1.82, 2.24) is 0 Å². The smallest absolute Gasteiger partial charge is 0.306 e. The van der Waals surface area contributed by atoms with Crippen LogP contribution in [0.5, 0.6) is 0 Å². The van der Waals surface area contributed by atoms with E-state index in [9.17, 15) is 4.79 Å². The minimum Gasteiger partial charge on any atom is -0.465 e. The van der Waals surface area contributed by atoms with E-state index in [1.165, 1.54) is 64.2 Å². The third kappa shape index (κ3) is 5.41. The molecular weight excluding hydrogens is 224 g/mol. The lowest BCUT2D eigenvalue weighted by molar-refractivity contribution is -0.137. The summed E-state index contributed by atoms with van der Waals surface area (Å²) < 4.78 is 5.24. The Balaban J connectivity index is 2.31. The molecular formula is C16H30O2. The first kappa shape index (κ1) is 15.5. The summed E-state index contributed by atoms with van der Waals surface area (Å²) in [6.07, 6.45) is 13.4. The summed E-state index contributed by atoms with van der Waals surface area (Å²) in [5.41, 5.74) is 0.193. The molecule has 0 spiro atoms. The van der Waals surface area contributed by atoms with Gasteiger partial charge in [-0.25, -0.2) is 0 Å². The largest absolute Gasteiger partial charge is 0.465 e. The van der Waals surface area contributed by atoms with Gasteiger partial charge in [0.1, 0.15) is 0 Å². The van der Waals surface area contributed by atoms with Gasteiger partial charge >= 0.3 is 5.97 Å². The third-order valence-electron chi connectivity index (χ3n) is 4.18. The maximum absolute atomic E-state index is 11.4. The highest BCUT2D eigenvalue weighted by Crippen LogP contribution is 2.40. The average molecular weight is 254 g/mol. The van der Waals surface area contributed by atoms with E-state index in [-0.39, 0.29) is 11.4 Å². The molecule has 2 heteroatoms. The Kier molecular flexibility index (Phi) is 7.38. The van der Waals surface area contributed by atoms with Crippen LogP contribution >= 0.6 is 0 Å². The Labute approximate surface area is 112 Å². The zero-order chi connectivity index (χ0) is 13.3. The van der Waals surface area contributed by atoms with Gasteiger partial charge in [-0.3, -0.25) is 4.79 Å². The molecule has 106 valence electrons. The van der Waals surface area contributed by atoms with Crippen LogP contribution < -0.4 is 0 Å². The third-order valence-corrected chi connectivity index (χ3v) is 4.18. The second-order valence-electron chi connectivity index (χ2n) is 5.96. The van der Waals surface area contributed by atoms with E-state index in [2.05, 4.69) is 13.8 Å². The predicted molar refractivity (Wildman–Crippen MR) is 75.5 cm³/mol. The van der Waals surface area contributed by atoms with E-state index in [1.54, 1.807) is 0 Å². The fourth-order valence-electron chi connectivity index (χ4n) is 2.94. The molecule has 1 heterocycles. The molecule has 0 unspecified atom stereocenters. The van der Waals surface area contributed by atoms with Crippen LogP contribution in [0.2, 0.25) is 0 Å². The molecule has 0 radical (unpaired) electrons. The van der Waals surface area contributed by atoms with E-state index >= 15 is 0 Å². The van der Waals surface area contributed by atoms with Crippen molar-refractivity contribution in [3.63, 3.8) is 0 Å². The SMILES string of the molecule is CCCCCCC1(CCCCCC)COC(=O)C1. The maximum Gasteiger partial charge on any atom is 0.306 e. The number of carbonyl (C=O) groups is 1. The molecule has 0 amide bonds. The lowest BCUT2D eigenvalue weighted by atomic mass is 9.77. The molecule has 2 nitrogen and oxygen atoms in total. The van der Waals surface area contributed by atoms with E-state index in [1.807, 2.05) is 0 Å². The summed E-state index contributed by atoms with van der Waals surface area (Å²) in [5, 5.41) is 0. The second-order valence-corrected chi connectivity index (χ2v) is 5.96. The van der Waals surface area contributed by atoms with Gasteiger partial charge in [-0.15, -0.1) is 0 Å². The molecule has 0 atom stereocenters. The molecule has 0 bridgehead atoms. The van der Waals surface area contributed by atoms with Gasteiger partial charge < -0.3 is 4.74 Å². The fourth-order valence-corrected chi connectivity index (χ4v) is 2.94. The van der Waals surface area contributed by atoms with Crippen molar-refractivity contribution >= 4 is 5.97 Å². The Hall–Kier alpha value is -0.530. The van der Waals surface area contributed by atoms with Crippen LogP contribution in [0.1, 0.15) is 84.5 Å². The van der Waals surface area contributed by atoms with Crippen LogP contribution in [0.25, 0.3) is 0 Å². The highest BCUT2D eigenvalue weighted by Gasteiger charge is 2.39. The first-order chi connectivity index (χ1) is 8.72. The molecule has 0 saturated carbocycles. The van der Waals surface area contributed by atoms with E-state index in [4.69, 9.17) is 4.74 Å². The molecule has 1 aliphatic rings. The van der Waals surface area contributed by atoms with Gasteiger partial charge in [-0.1, -0.05) is 65.2 Å². The molecule has 0 aromatic rings. The van der Waals surface area contributed by atoms with Crippen molar-refractivity contribution < 1.29 is 9.53 Å². The number of carbonyl (C=O) groups excluding carboxylic acids is 1. The Morgan fingerprint density at radius 1 is 0.944 bits per heavy atom. The molecule has 0 aromatic carbocycles. The zero-order valence-corrected chi connectivity index (χ0v) is 12.3. The molecule has 0 aliphatic carbocycles. The number of hydrogen-bond acceptors (Lipinski definition) is 2. The summed E-state index contributed by atoms with van der Waals surface area (Å²) in [6.45, 7) is 5.16. The number of hydrogen-bond donors (Lipinski definition) is 0. The van der Waals surface area contributed by atoms with Crippen molar-refractivity contribution in [1.29, 1.82) is 0 Å². The molecule has 0 N–H and O–H groups in total. The van der Waals surface area contributed by atoms with Gasteiger partial charge in [0.25, 0.3) is 0 Å². The van der Waals surface area contributed by atoms with Crippen LogP contribution in [-0.4, -0.2) is 12.6 Å². The zero-order valence-electron chi connectivity index (χ0n) is 12.3. The van der Waals surface area contributed by atoms with E-state index < -0.39 is 0 Å². The second kappa shape index (κ2) is 8.55. The fraction of sp³-hybridized carbons (Fsp3) is 0.938. The summed E-state index contributed by atoms with van der Waals surface area (Å²) in [5.74, 6) is 0.0287.